The van der Waals surface area contributed by atoms with Gasteiger partial charge in [-0.25, -0.2) is 4.79 Å². The molecular weight excluding hydrogens is 578 g/mol. The summed E-state index contributed by atoms with van der Waals surface area (Å²) in [7, 11) is 0. The van der Waals surface area contributed by atoms with Gasteiger partial charge in [0.2, 0.25) is 23.5 Å². The first kappa shape index (κ1) is 37.0. The van der Waals surface area contributed by atoms with Gasteiger partial charge in [0.15, 0.2) is 0 Å². The normalized spacial score (nSPS) is 16.6. The van der Waals surface area contributed by atoms with E-state index in [2.05, 4.69) is 27.8 Å². The second-order valence-electron chi connectivity index (χ2n) is 12.5. The van der Waals surface area contributed by atoms with Gasteiger partial charge in [0.1, 0.15) is 23.7 Å². The first-order chi connectivity index (χ1) is 21.2. The number of amides is 5. The van der Waals surface area contributed by atoms with Crippen molar-refractivity contribution in [3.05, 3.63) is 48.6 Å². The van der Waals surface area contributed by atoms with Crippen LogP contribution in [0.4, 0.5) is 4.79 Å². The van der Waals surface area contributed by atoms with Gasteiger partial charge in [-0.2, -0.15) is 0 Å². The molecule has 1 saturated heterocycles. The average molecular weight is 628 g/mol. The molecule has 0 aromatic heterocycles. The molecule has 4 atom stereocenters. The second kappa shape index (κ2) is 17.3. The maximum Gasteiger partial charge on any atom is 0.408 e. The quantitative estimate of drug-likeness (QED) is 0.171. The molecule has 12 nitrogen and oxygen atoms in total. The molecule has 1 aliphatic heterocycles. The van der Waals surface area contributed by atoms with Gasteiger partial charge >= 0.3 is 6.09 Å². The SMILES string of the molecule is C=CCNC(=O)C(=O)[C@@H](CCC)NC(=O)[C@@H]1CCCN1C(=O)[C@@H](NC(=O)[C@H](Cc1ccccc1)NC(=O)OC(C)(C)C)C(C)C. The summed E-state index contributed by atoms with van der Waals surface area (Å²) in [6.07, 6.45) is 2.55. The highest BCUT2D eigenvalue weighted by molar-refractivity contribution is 6.38. The minimum absolute atomic E-state index is 0.115. The topological polar surface area (TPSA) is 163 Å². The number of benzene rings is 1. The minimum Gasteiger partial charge on any atom is -0.444 e. The van der Waals surface area contributed by atoms with Crippen LogP contribution in [-0.4, -0.2) is 83.3 Å². The Kier molecular flexibility index (Phi) is 14.2. The van der Waals surface area contributed by atoms with Crippen molar-refractivity contribution in [2.24, 2.45) is 5.92 Å². The van der Waals surface area contributed by atoms with Crippen LogP contribution in [0.15, 0.2) is 43.0 Å². The molecule has 1 heterocycles. The molecule has 248 valence electrons. The Morgan fingerprint density at radius 2 is 1.69 bits per heavy atom. The Labute approximate surface area is 266 Å². The van der Waals surface area contributed by atoms with Gasteiger partial charge in [-0.05, 0) is 51.5 Å². The number of alkyl carbamates (subject to hydrolysis) is 1. The number of carbonyl (C=O) groups excluding carboxylic acids is 6. The number of carbonyl (C=O) groups is 6. The van der Waals surface area contributed by atoms with E-state index in [0.717, 1.165) is 5.56 Å². The van der Waals surface area contributed by atoms with E-state index >= 15 is 0 Å². The van der Waals surface area contributed by atoms with Gasteiger partial charge in [-0.1, -0.05) is 63.6 Å². The molecule has 0 bridgehead atoms. The first-order valence-corrected chi connectivity index (χ1v) is 15.6. The molecular formula is C33H49N5O7. The van der Waals surface area contributed by atoms with Gasteiger partial charge in [0.25, 0.3) is 5.91 Å². The van der Waals surface area contributed by atoms with Gasteiger partial charge in [-0.3, -0.25) is 24.0 Å². The third-order valence-corrected chi connectivity index (χ3v) is 7.20. The molecule has 0 spiro atoms. The predicted octanol–water partition coefficient (Wildman–Crippen LogP) is 2.41. The fourth-order valence-electron chi connectivity index (χ4n) is 4.99. The highest BCUT2D eigenvalue weighted by Gasteiger charge is 2.40. The molecule has 1 aliphatic rings. The second-order valence-corrected chi connectivity index (χ2v) is 12.5. The molecule has 0 unspecified atom stereocenters. The summed E-state index contributed by atoms with van der Waals surface area (Å²) in [5.41, 5.74) is 0.0160. The standard InChI is InChI=1S/C33H49N5O7/c1-8-14-23(27(39)30(42)34-18-9-2)35-29(41)25-17-13-19-38(25)31(43)26(21(3)4)37-28(40)24(20-22-15-11-10-12-16-22)36-32(44)45-33(5,6)7/h9-12,15-16,21,23-26H,2,8,13-14,17-20H2,1,3-7H3,(H,34,42)(H,35,41)(H,36,44)(H,37,40)/t23-,24+,25+,26+/m1/s1. The number of likely N-dealkylation sites (tertiary alicyclic amines) is 1. The van der Waals surface area contributed by atoms with E-state index in [1.54, 1.807) is 34.6 Å². The van der Waals surface area contributed by atoms with E-state index in [0.29, 0.717) is 19.3 Å². The zero-order valence-corrected chi connectivity index (χ0v) is 27.3. The monoisotopic (exact) mass is 627 g/mol. The zero-order valence-electron chi connectivity index (χ0n) is 27.3. The molecule has 1 aromatic carbocycles. The van der Waals surface area contributed by atoms with Gasteiger partial charge in [-0.15, -0.1) is 6.58 Å². The molecule has 1 fully saturated rings. The van der Waals surface area contributed by atoms with Crippen molar-refractivity contribution in [1.82, 2.24) is 26.2 Å². The number of rotatable bonds is 15. The van der Waals surface area contributed by atoms with E-state index < -0.39 is 65.3 Å². The molecule has 0 saturated carbocycles. The maximum atomic E-state index is 13.9. The fraction of sp³-hybridized carbons (Fsp3) is 0.576. The Hall–Kier alpha value is -4.22. The molecule has 1 aromatic rings. The Bertz CT molecular complexity index is 1210. The molecule has 45 heavy (non-hydrogen) atoms. The van der Waals surface area contributed by atoms with Crippen LogP contribution in [0, 0.1) is 5.92 Å². The number of ketones is 1. The number of hydrogen-bond donors (Lipinski definition) is 4. The van der Waals surface area contributed by atoms with Crippen LogP contribution >= 0.6 is 0 Å². The predicted molar refractivity (Wildman–Crippen MR) is 170 cm³/mol. The lowest BCUT2D eigenvalue weighted by atomic mass is 10.00. The maximum absolute atomic E-state index is 13.9. The molecule has 0 aliphatic carbocycles. The molecule has 12 heteroatoms. The number of ether oxygens (including phenoxy) is 1. The van der Waals surface area contributed by atoms with Crippen LogP contribution in [0.2, 0.25) is 0 Å². The Morgan fingerprint density at radius 3 is 2.27 bits per heavy atom. The van der Waals surface area contributed by atoms with Crippen molar-refractivity contribution in [2.45, 2.75) is 103 Å². The van der Waals surface area contributed by atoms with Gasteiger partial charge in [0.05, 0.1) is 6.04 Å². The van der Waals surface area contributed by atoms with Crippen molar-refractivity contribution in [1.29, 1.82) is 0 Å². The fourth-order valence-corrected chi connectivity index (χ4v) is 4.99. The van der Waals surface area contributed by atoms with Crippen molar-refractivity contribution in [3.8, 4) is 0 Å². The van der Waals surface area contributed by atoms with Crippen LogP contribution in [0.3, 0.4) is 0 Å². The summed E-state index contributed by atoms with van der Waals surface area (Å²) in [4.78, 5) is 80.0. The number of nitrogens with one attached hydrogen (secondary N) is 4. The molecule has 4 N–H and O–H groups in total. The van der Waals surface area contributed by atoms with E-state index in [9.17, 15) is 28.8 Å². The molecule has 5 amide bonds. The summed E-state index contributed by atoms with van der Waals surface area (Å²) >= 11 is 0. The summed E-state index contributed by atoms with van der Waals surface area (Å²) in [6, 6.07) is 5.19. The van der Waals surface area contributed by atoms with Crippen molar-refractivity contribution in [3.63, 3.8) is 0 Å². The smallest absolute Gasteiger partial charge is 0.408 e. The van der Waals surface area contributed by atoms with Crippen LogP contribution in [0.1, 0.15) is 72.8 Å². The van der Waals surface area contributed by atoms with Crippen LogP contribution in [-0.2, 0) is 35.1 Å². The van der Waals surface area contributed by atoms with Crippen LogP contribution in [0.25, 0.3) is 0 Å². The third-order valence-electron chi connectivity index (χ3n) is 7.20. The van der Waals surface area contributed by atoms with Crippen molar-refractivity contribution in [2.75, 3.05) is 13.1 Å². The van der Waals surface area contributed by atoms with E-state index in [4.69, 9.17) is 4.74 Å². The van der Waals surface area contributed by atoms with Gasteiger partial charge < -0.3 is 30.9 Å². The minimum atomic E-state index is -1.04. The summed E-state index contributed by atoms with van der Waals surface area (Å²) < 4.78 is 5.37. The highest BCUT2D eigenvalue weighted by Crippen LogP contribution is 2.21. The van der Waals surface area contributed by atoms with E-state index in [-0.39, 0.29) is 31.8 Å². The summed E-state index contributed by atoms with van der Waals surface area (Å²) in [5, 5.41) is 10.6. The van der Waals surface area contributed by atoms with E-state index in [1.165, 1.54) is 11.0 Å². The van der Waals surface area contributed by atoms with E-state index in [1.807, 2.05) is 37.3 Å². The first-order valence-electron chi connectivity index (χ1n) is 15.6. The Balaban J connectivity index is 2.22. The average Bonchev–Trinajstić information content (AvgIpc) is 3.47. The van der Waals surface area contributed by atoms with Crippen molar-refractivity contribution < 1.29 is 33.5 Å². The van der Waals surface area contributed by atoms with Crippen LogP contribution < -0.4 is 21.3 Å². The highest BCUT2D eigenvalue weighted by atomic mass is 16.6. The lowest BCUT2D eigenvalue weighted by Gasteiger charge is -2.32. The van der Waals surface area contributed by atoms with Crippen molar-refractivity contribution >= 4 is 35.5 Å². The number of nitrogens with zero attached hydrogens (tertiary/aromatic N) is 1. The number of Topliss-reactive ketones (excluding diaryl/α,β-unsaturated/α-hetero) is 1. The van der Waals surface area contributed by atoms with Gasteiger partial charge in [0, 0.05) is 19.5 Å². The summed E-state index contributed by atoms with van der Waals surface area (Å²) in [6.45, 7) is 14.4. The summed E-state index contributed by atoms with van der Waals surface area (Å²) in [5.74, 6) is -3.50. The Morgan fingerprint density at radius 1 is 1.02 bits per heavy atom. The largest absolute Gasteiger partial charge is 0.444 e. The molecule has 0 radical (unpaired) electrons. The lowest BCUT2D eigenvalue weighted by molar-refractivity contribution is -0.144. The zero-order chi connectivity index (χ0) is 33.7. The number of hydrogen-bond acceptors (Lipinski definition) is 7. The van der Waals surface area contributed by atoms with Crippen LogP contribution in [0.5, 0.6) is 0 Å². The lowest BCUT2D eigenvalue weighted by Crippen LogP contribution is -2.59. The molecule has 2 rings (SSSR count). The third kappa shape index (κ3) is 11.7.